The highest BCUT2D eigenvalue weighted by Crippen LogP contribution is 2.15. The van der Waals surface area contributed by atoms with Gasteiger partial charge in [-0.15, -0.1) is 0 Å². The number of rotatable bonds is 8. The van der Waals surface area contributed by atoms with E-state index in [2.05, 4.69) is 12.2 Å². The van der Waals surface area contributed by atoms with Crippen LogP contribution in [0.2, 0.25) is 0 Å². The van der Waals surface area contributed by atoms with E-state index in [4.69, 9.17) is 4.74 Å². The molecule has 0 aromatic heterocycles. The van der Waals surface area contributed by atoms with Crippen molar-refractivity contribution in [3.63, 3.8) is 0 Å². The van der Waals surface area contributed by atoms with Gasteiger partial charge < -0.3 is 15.0 Å². The van der Waals surface area contributed by atoms with Crippen molar-refractivity contribution in [3.8, 4) is 5.75 Å². The first-order valence-electron chi connectivity index (χ1n) is 10.1. The molecule has 0 saturated carbocycles. The number of hydrogen-bond donors (Lipinski definition) is 1. The van der Waals surface area contributed by atoms with Gasteiger partial charge in [0, 0.05) is 12.1 Å². The lowest BCUT2D eigenvalue weighted by Gasteiger charge is -2.31. The molecule has 1 N–H and O–H groups in total. The number of carbonyl (C=O) groups is 2. The molecule has 0 spiro atoms. The van der Waals surface area contributed by atoms with Gasteiger partial charge in [-0.05, 0) is 57.4 Å². The van der Waals surface area contributed by atoms with E-state index >= 15 is 0 Å². The molecule has 1 unspecified atom stereocenters. The van der Waals surface area contributed by atoms with Gasteiger partial charge in [0.25, 0.3) is 5.91 Å². The van der Waals surface area contributed by atoms with Gasteiger partial charge in [0.1, 0.15) is 11.8 Å². The van der Waals surface area contributed by atoms with Gasteiger partial charge >= 0.3 is 0 Å². The Morgan fingerprint density at radius 2 is 1.62 bits per heavy atom. The first-order chi connectivity index (χ1) is 13.7. The first-order valence-corrected chi connectivity index (χ1v) is 10.1. The van der Waals surface area contributed by atoms with Crippen molar-refractivity contribution in [2.45, 2.75) is 59.2 Å². The molecule has 2 rings (SSSR count). The lowest BCUT2D eigenvalue weighted by atomic mass is 10.1. The molecular weight excluding hydrogens is 364 g/mol. The molecule has 0 radical (unpaired) electrons. The molecule has 5 nitrogen and oxygen atoms in total. The zero-order valence-electron chi connectivity index (χ0n) is 18.1. The summed E-state index contributed by atoms with van der Waals surface area (Å²) in [4.78, 5) is 27.2. The van der Waals surface area contributed by atoms with Crippen molar-refractivity contribution >= 4 is 11.8 Å². The Bertz CT molecular complexity index is 795. The number of benzene rings is 2. The number of amides is 2. The second-order valence-electron chi connectivity index (χ2n) is 8.21. The number of aryl methyl sites for hydroxylation is 1. The van der Waals surface area contributed by atoms with Crippen LogP contribution in [0.4, 0.5) is 0 Å². The molecule has 156 valence electrons. The normalized spacial score (nSPS) is 12.2. The van der Waals surface area contributed by atoms with Crippen molar-refractivity contribution in [1.29, 1.82) is 0 Å². The fraction of sp³-hybridized carbons (Fsp3) is 0.417. The molecule has 5 heteroatoms. The lowest BCUT2D eigenvalue weighted by molar-refractivity contribution is -0.142. The Hall–Kier alpha value is -2.82. The van der Waals surface area contributed by atoms with Crippen LogP contribution in [0.1, 0.15) is 45.7 Å². The Kier molecular flexibility index (Phi) is 7.82. The van der Waals surface area contributed by atoms with E-state index in [1.54, 1.807) is 11.8 Å². The van der Waals surface area contributed by atoms with E-state index in [1.165, 1.54) is 5.56 Å². The van der Waals surface area contributed by atoms with E-state index in [0.29, 0.717) is 12.3 Å². The highest BCUT2D eigenvalue weighted by Gasteiger charge is 2.28. The fourth-order valence-electron chi connectivity index (χ4n) is 2.89. The van der Waals surface area contributed by atoms with Gasteiger partial charge in [0.15, 0.2) is 6.61 Å². The van der Waals surface area contributed by atoms with Gasteiger partial charge in [-0.2, -0.15) is 0 Å². The molecule has 0 aliphatic heterocycles. The SMILES string of the molecule is CCc1ccc(OCC(=O)N(Cc2ccccc2)C(C)C(=O)NC(C)(C)C)cc1. The van der Waals surface area contributed by atoms with Gasteiger partial charge in [-0.25, -0.2) is 0 Å². The zero-order chi connectivity index (χ0) is 21.4. The molecule has 0 aliphatic rings. The monoisotopic (exact) mass is 396 g/mol. The van der Waals surface area contributed by atoms with Gasteiger partial charge in [0.05, 0.1) is 0 Å². The van der Waals surface area contributed by atoms with Crippen LogP contribution in [0.5, 0.6) is 5.75 Å². The number of hydrogen-bond acceptors (Lipinski definition) is 3. The molecule has 0 saturated heterocycles. The molecule has 2 aromatic rings. The maximum Gasteiger partial charge on any atom is 0.261 e. The minimum absolute atomic E-state index is 0.120. The van der Waals surface area contributed by atoms with E-state index < -0.39 is 6.04 Å². The molecule has 0 bridgehead atoms. The van der Waals surface area contributed by atoms with Crippen LogP contribution in [0.15, 0.2) is 54.6 Å². The summed E-state index contributed by atoms with van der Waals surface area (Å²) in [7, 11) is 0. The second kappa shape index (κ2) is 10.1. The summed E-state index contributed by atoms with van der Waals surface area (Å²) in [5.74, 6) is 0.223. The number of nitrogens with one attached hydrogen (secondary N) is 1. The third-order valence-corrected chi connectivity index (χ3v) is 4.56. The second-order valence-corrected chi connectivity index (χ2v) is 8.21. The maximum atomic E-state index is 13.0. The summed E-state index contributed by atoms with van der Waals surface area (Å²) >= 11 is 0. The standard InChI is InChI=1S/C24H32N2O3/c1-6-19-12-14-21(15-13-19)29-17-22(27)26(16-20-10-8-7-9-11-20)18(2)23(28)25-24(3,4)5/h7-15,18H,6,16-17H2,1-5H3,(H,25,28). The summed E-state index contributed by atoms with van der Waals surface area (Å²) < 4.78 is 5.69. The summed E-state index contributed by atoms with van der Waals surface area (Å²) in [6, 6.07) is 16.7. The van der Waals surface area contributed by atoms with Crippen molar-refractivity contribution in [1.82, 2.24) is 10.2 Å². The summed E-state index contributed by atoms with van der Waals surface area (Å²) in [6.45, 7) is 9.82. The van der Waals surface area contributed by atoms with Crippen LogP contribution in [0, 0.1) is 0 Å². The topological polar surface area (TPSA) is 58.6 Å². The molecule has 2 aromatic carbocycles. The third kappa shape index (κ3) is 7.26. The van der Waals surface area contributed by atoms with Crippen LogP contribution in [0.3, 0.4) is 0 Å². The fourth-order valence-corrected chi connectivity index (χ4v) is 2.89. The highest BCUT2D eigenvalue weighted by atomic mass is 16.5. The van der Waals surface area contributed by atoms with Crippen molar-refractivity contribution in [2.24, 2.45) is 0 Å². The van der Waals surface area contributed by atoms with E-state index in [-0.39, 0.29) is 24.0 Å². The maximum absolute atomic E-state index is 13.0. The van der Waals surface area contributed by atoms with Gasteiger partial charge in [-0.1, -0.05) is 49.4 Å². The molecule has 0 heterocycles. The zero-order valence-corrected chi connectivity index (χ0v) is 18.1. The van der Waals surface area contributed by atoms with E-state index in [1.807, 2.05) is 75.4 Å². The lowest BCUT2D eigenvalue weighted by Crippen LogP contribution is -2.53. The van der Waals surface area contributed by atoms with E-state index in [0.717, 1.165) is 12.0 Å². The number of ether oxygens (including phenoxy) is 1. The Labute approximate surface area is 174 Å². The van der Waals surface area contributed by atoms with Crippen LogP contribution in [0.25, 0.3) is 0 Å². The summed E-state index contributed by atoms with van der Waals surface area (Å²) in [5.41, 5.74) is 1.80. The summed E-state index contributed by atoms with van der Waals surface area (Å²) in [5, 5.41) is 2.95. The predicted molar refractivity (Wildman–Crippen MR) is 116 cm³/mol. The van der Waals surface area contributed by atoms with Crippen molar-refractivity contribution in [2.75, 3.05) is 6.61 Å². The quantitative estimate of drug-likeness (QED) is 0.735. The minimum atomic E-state index is -0.618. The first kappa shape index (κ1) is 22.5. The highest BCUT2D eigenvalue weighted by molar-refractivity contribution is 5.88. The molecule has 0 aliphatic carbocycles. The minimum Gasteiger partial charge on any atom is -0.484 e. The van der Waals surface area contributed by atoms with Crippen LogP contribution in [-0.2, 0) is 22.6 Å². The number of nitrogens with zero attached hydrogens (tertiary/aromatic N) is 1. The average molecular weight is 397 g/mol. The molecule has 29 heavy (non-hydrogen) atoms. The van der Waals surface area contributed by atoms with Crippen molar-refractivity contribution < 1.29 is 14.3 Å². The summed E-state index contributed by atoms with van der Waals surface area (Å²) in [6.07, 6.45) is 0.949. The largest absolute Gasteiger partial charge is 0.484 e. The molecule has 2 amide bonds. The predicted octanol–water partition coefficient (Wildman–Crippen LogP) is 3.96. The molecule has 1 atom stereocenters. The Morgan fingerprint density at radius 1 is 1.00 bits per heavy atom. The van der Waals surface area contributed by atoms with E-state index in [9.17, 15) is 9.59 Å². The Balaban J connectivity index is 2.11. The van der Waals surface area contributed by atoms with Crippen LogP contribution in [-0.4, -0.2) is 34.9 Å². The average Bonchev–Trinajstić information content (AvgIpc) is 2.69. The molecule has 0 fully saturated rings. The number of carbonyl (C=O) groups excluding carboxylic acids is 2. The van der Waals surface area contributed by atoms with Crippen LogP contribution < -0.4 is 10.1 Å². The van der Waals surface area contributed by atoms with Gasteiger partial charge in [-0.3, -0.25) is 9.59 Å². The molecular formula is C24H32N2O3. The van der Waals surface area contributed by atoms with Crippen molar-refractivity contribution in [3.05, 3.63) is 65.7 Å². The van der Waals surface area contributed by atoms with Crippen LogP contribution >= 0.6 is 0 Å². The smallest absolute Gasteiger partial charge is 0.261 e. The van der Waals surface area contributed by atoms with Gasteiger partial charge in [0.2, 0.25) is 5.91 Å². The third-order valence-electron chi connectivity index (χ3n) is 4.56. The Morgan fingerprint density at radius 3 is 2.17 bits per heavy atom.